The molecule has 0 amide bonds. The van der Waals surface area contributed by atoms with Crippen LogP contribution in [-0.4, -0.2) is 15.2 Å². The Morgan fingerprint density at radius 1 is 1.25 bits per heavy atom. The van der Waals surface area contributed by atoms with Crippen molar-refractivity contribution >= 4 is 28.9 Å². The molecule has 0 saturated heterocycles. The lowest BCUT2D eigenvalue weighted by Crippen LogP contribution is -2.05. The zero-order valence-electron chi connectivity index (χ0n) is 10.8. The van der Waals surface area contributed by atoms with E-state index in [0.29, 0.717) is 33.4 Å². The highest BCUT2D eigenvalue weighted by molar-refractivity contribution is 6.42. The van der Waals surface area contributed by atoms with Gasteiger partial charge in [-0.3, -0.25) is 4.98 Å². The van der Waals surface area contributed by atoms with Crippen molar-refractivity contribution in [1.82, 2.24) is 4.98 Å². The molecule has 0 aliphatic rings. The summed E-state index contributed by atoms with van der Waals surface area (Å²) in [5.74, 6) is 0.0871. The molecule has 2 rings (SSSR count). The number of anilines is 1. The summed E-state index contributed by atoms with van der Waals surface area (Å²) in [5.41, 5.74) is 2.50. The summed E-state index contributed by atoms with van der Waals surface area (Å²) in [7, 11) is 0. The normalized spacial score (nSPS) is 10.6. The molecule has 1 aromatic carbocycles. The highest BCUT2D eigenvalue weighted by Gasteiger charge is 2.11. The third-order valence-electron chi connectivity index (χ3n) is 2.99. The van der Waals surface area contributed by atoms with Gasteiger partial charge in [-0.15, -0.1) is 0 Å². The molecule has 20 heavy (non-hydrogen) atoms. The second-order valence-corrected chi connectivity index (χ2v) is 5.15. The number of halogens is 2. The van der Waals surface area contributed by atoms with Crippen molar-refractivity contribution < 1.29 is 10.2 Å². The Bertz CT molecular complexity index is 633. The van der Waals surface area contributed by atoms with Crippen LogP contribution in [0, 0.1) is 6.92 Å². The van der Waals surface area contributed by atoms with Gasteiger partial charge in [0.25, 0.3) is 0 Å². The Balaban J connectivity index is 2.22. The number of nitrogens with zero attached hydrogens (tertiary/aromatic N) is 1. The maximum atomic E-state index is 10.0. The van der Waals surface area contributed by atoms with Crippen LogP contribution in [0.2, 0.25) is 10.0 Å². The van der Waals surface area contributed by atoms with E-state index < -0.39 is 0 Å². The van der Waals surface area contributed by atoms with E-state index >= 15 is 0 Å². The van der Waals surface area contributed by atoms with Crippen LogP contribution in [0.5, 0.6) is 5.75 Å². The largest absolute Gasteiger partial charge is 0.506 e. The Morgan fingerprint density at radius 3 is 2.65 bits per heavy atom. The van der Waals surface area contributed by atoms with Gasteiger partial charge in [-0.2, -0.15) is 0 Å². The molecular weight excluding hydrogens is 299 g/mol. The van der Waals surface area contributed by atoms with Gasteiger partial charge in [0.1, 0.15) is 5.75 Å². The zero-order valence-corrected chi connectivity index (χ0v) is 12.3. The van der Waals surface area contributed by atoms with Gasteiger partial charge in [0.15, 0.2) is 0 Å². The van der Waals surface area contributed by atoms with Crippen LogP contribution in [0.4, 0.5) is 5.69 Å². The number of hydrogen-bond acceptors (Lipinski definition) is 4. The monoisotopic (exact) mass is 312 g/mol. The number of aliphatic hydroxyl groups excluding tert-OH is 1. The fourth-order valence-electron chi connectivity index (χ4n) is 1.81. The van der Waals surface area contributed by atoms with Crippen molar-refractivity contribution in [3.63, 3.8) is 0 Å². The van der Waals surface area contributed by atoms with Gasteiger partial charge < -0.3 is 15.5 Å². The number of nitrogens with one attached hydrogen (secondary N) is 1. The van der Waals surface area contributed by atoms with Gasteiger partial charge in [0, 0.05) is 29.6 Å². The summed E-state index contributed by atoms with van der Waals surface area (Å²) >= 11 is 11.8. The van der Waals surface area contributed by atoms with Crippen LogP contribution in [0.1, 0.15) is 16.8 Å². The number of aromatic hydroxyl groups is 1. The van der Waals surface area contributed by atoms with Crippen LogP contribution >= 0.6 is 23.2 Å². The first-order valence-electron chi connectivity index (χ1n) is 5.99. The summed E-state index contributed by atoms with van der Waals surface area (Å²) in [6.07, 6.45) is 1.56. The molecule has 0 unspecified atom stereocenters. The first-order chi connectivity index (χ1) is 9.52. The summed E-state index contributed by atoms with van der Waals surface area (Å²) in [6, 6.07) is 5.18. The lowest BCUT2D eigenvalue weighted by atomic mass is 10.1. The molecule has 4 nitrogen and oxygen atoms in total. The molecule has 106 valence electrons. The van der Waals surface area contributed by atoms with Gasteiger partial charge >= 0.3 is 0 Å². The molecule has 6 heteroatoms. The fraction of sp³-hybridized carbons (Fsp3) is 0.214. The average Bonchev–Trinajstić information content (AvgIpc) is 2.44. The number of hydrogen-bond donors (Lipinski definition) is 3. The standard InChI is InChI=1S/C14H14Cl2N2O2/c1-8-14(20)11(9(7-19)5-17-8)6-18-10-2-3-12(15)13(16)4-10/h2-5,18-20H,6-7H2,1H3. The molecule has 0 fully saturated rings. The summed E-state index contributed by atoms with van der Waals surface area (Å²) < 4.78 is 0. The highest BCUT2D eigenvalue weighted by atomic mass is 35.5. The van der Waals surface area contributed by atoms with Crippen LogP contribution in [0.25, 0.3) is 0 Å². The van der Waals surface area contributed by atoms with E-state index in [2.05, 4.69) is 10.3 Å². The fourth-order valence-corrected chi connectivity index (χ4v) is 2.11. The van der Waals surface area contributed by atoms with E-state index in [-0.39, 0.29) is 12.4 Å². The SMILES string of the molecule is Cc1ncc(CO)c(CNc2ccc(Cl)c(Cl)c2)c1O. The number of benzene rings is 1. The minimum Gasteiger partial charge on any atom is -0.506 e. The molecule has 0 bridgehead atoms. The molecule has 0 spiro atoms. The van der Waals surface area contributed by atoms with Crippen molar-refractivity contribution in [2.75, 3.05) is 5.32 Å². The van der Waals surface area contributed by atoms with Crippen molar-refractivity contribution in [3.8, 4) is 5.75 Å². The van der Waals surface area contributed by atoms with Crippen LogP contribution in [-0.2, 0) is 13.2 Å². The molecular formula is C14H14Cl2N2O2. The first kappa shape index (κ1) is 14.9. The number of aromatic nitrogens is 1. The highest BCUT2D eigenvalue weighted by Crippen LogP contribution is 2.27. The third kappa shape index (κ3) is 3.15. The number of rotatable bonds is 4. The van der Waals surface area contributed by atoms with E-state index in [1.54, 1.807) is 31.3 Å². The molecule has 3 N–H and O–H groups in total. The third-order valence-corrected chi connectivity index (χ3v) is 3.73. The minimum atomic E-state index is -0.181. The zero-order chi connectivity index (χ0) is 14.7. The van der Waals surface area contributed by atoms with Crippen LogP contribution in [0.15, 0.2) is 24.4 Å². The van der Waals surface area contributed by atoms with E-state index in [1.807, 2.05) is 0 Å². The van der Waals surface area contributed by atoms with Gasteiger partial charge in [-0.05, 0) is 25.1 Å². The molecule has 2 aromatic rings. The average molecular weight is 313 g/mol. The molecule has 1 aromatic heterocycles. The molecule has 0 atom stereocenters. The van der Waals surface area contributed by atoms with E-state index in [1.165, 1.54) is 0 Å². The summed E-state index contributed by atoms with van der Waals surface area (Å²) in [5, 5.41) is 23.4. The van der Waals surface area contributed by atoms with Gasteiger partial charge in [0.05, 0.1) is 22.3 Å². The molecule has 0 radical (unpaired) electrons. The second kappa shape index (κ2) is 6.31. The lowest BCUT2D eigenvalue weighted by molar-refractivity contribution is 0.279. The molecule has 0 saturated carbocycles. The number of pyridine rings is 1. The Kier molecular flexibility index (Phi) is 4.70. The Morgan fingerprint density at radius 2 is 2.00 bits per heavy atom. The lowest BCUT2D eigenvalue weighted by Gasteiger charge is -2.13. The van der Waals surface area contributed by atoms with E-state index in [9.17, 15) is 10.2 Å². The molecule has 0 aliphatic heterocycles. The van der Waals surface area contributed by atoms with E-state index in [4.69, 9.17) is 23.2 Å². The van der Waals surface area contributed by atoms with Crippen molar-refractivity contribution in [2.24, 2.45) is 0 Å². The quantitative estimate of drug-likeness (QED) is 0.808. The Hall–Kier alpha value is -1.49. The van der Waals surface area contributed by atoms with E-state index in [0.717, 1.165) is 5.69 Å². The summed E-state index contributed by atoms with van der Waals surface area (Å²) in [4.78, 5) is 4.01. The smallest absolute Gasteiger partial charge is 0.142 e. The van der Waals surface area contributed by atoms with Gasteiger partial charge in [0.2, 0.25) is 0 Å². The predicted molar refractivity (Wildman–Crippen MR) is 80.4 cm³/mol. The topological polar surface area (TPSA) is 65.4 Å². The number of aryl methyl sites for hydroxylation is 1. The predicted octanol–water partition coefficient (Wildman–Crippen LogP) is 3.51. The second-order valence-electron chi connectivity index (χ2n) is 4.34. The molecule has 1 heterocycles. The first-order valence-corrected chi connectivity index (χ1v) is 6.74. The van der Waals surface area contributed by atoms with Gasteiger partial charge in [-0.1, -0.05) is 23.2 Å². The maximum absolute atomic E-state index is 10.0. The number of aliphatic hydroxyl groups is 1. The van der Waals surface area contributed by atoms with Crippen molar-refractivity contribution in [1.29, 1.82) is 0 Å². The molecule has 0 aliphatic carbocycles. The summed E-state index contributed by atoms with van der Waals surface area (Å²) in [6.45, 7) is 1.88. The Labute approximate surface area is 127 Å². The minimum absolute atomic E-state index is 0.0871. The van der Waals surface area contributed by atoms with Crippen LogP contribution in [0.3, 0.4) is 0 Å². The van der Waals surface area contributed by atoms with Crippen molar-refractivity contribution in [2.45, 2.75) is 20.1 Å². The van der Waals surface area contributed by atoms with Crippen LogP contribution < -0.4 is 5.32 Å². The van der Waals surface area contributed by atoms with Gasteiger partial charge in [-0.25, -0.2) is 0 Å². The maximum Gasteiger partial charge on any atom is 0.142 e. The van der Waals surface area contributed by atoms with Crippen molar-refractivity contribution in [3.05, 3.63) is 51.3 Å².